The molecule has 0 aliphatic heterocycles. The molecule has 4 rings (SSSR count). The fourth-order valence-electron chi connectivity index (χ4n) is 3.22. The molecule has 4 aromatic rings. The Balaban J connectivity index is 1.46. The number of hydrogen-bond acceptors (Lipinski definition) is 5. The van der Waals surface area contributed by atoms with E-state index in [1.165, 1.54) is 24.9 Å². The van der Waals surface area contributed by atoms with Crippen LogP contribution in [0.1, 0.15) is 21.5 Å². The van der Waals surface area contributed by atoms with Gasteiger partial charge >= 0.3 is 0 Å². The molecule has 0 aliphatic rings. The monoisotopic (exact) mass is 479 g/mol. The molecule has 0 radical (unpaired) electrons. The van der Waals surface area contributed by atoms with E-state index in [-0.39, 0.29) is 10.7 Å². The second-order valence-corrected chi connectivity index (χ2v) is 7.81. The van der Waals surface area contributed by atoms with Crippen molar-refractivity contribution in [3.63, 3.8) is 0 Å². The molecule has 0 unspecified atom stereocenters. The Bertz CT molecular complexity index is 1340. The Labute approximate surface area is 200 Å². The first-order chi connectivity index (χ1) is 16.0. The van der Waals surface area contributed by atoms with Gasteiger partial charge in [0.2, 0.25) is 0 Å². The second-order valence-electron chi connectivity index (χ2n) is 7.05. The molecule has 3 aromatic carbocycles. The zero-order valence-corrected chi connectivity index (χ0v) is 19.1. The largest absolute Gasteiger partial charge is 0.493 e. The highest BCUT2D eigenvalue weighted by molar-refractivity contribution is 6.33. The van der Waals surface area contributed by atoms with Gasteiger partial charge in [0.25, 0.3) is 5.91 Å². The summed E-state index contributed by atoms with van der Waals surface area (Å²) in [5.41, 5.74) is 4.26. The number of halogens is 2. The van der Waals surface area contributed by atoms with Gasteiger partial charge in [-0.15, -0.1) is 0 Å². The van der Waals surface area contributed by atoms with Gasteiger partial charge in [-0.1, -0.05) is 59.6 Å². The highest BCUT2D eigenvalue weighted by Crippen LogP contribution is 2.36. The van der Waals surface area contributed by atoms with Crippen molar-refractivity contribution in [2.24, 2.45) is 5.10 Å². The second kappa shape index (κ2) is 10.3. The van der Waals surface area contributed by atoms with E-state index in [0.29, 0.717) is 28.7 Å². The van der Waals surface area contributed by atoms with Gasteiger partial charge in [-0.2, -0.15) is 5.10 Å². The van der Waals surface area contributed by atoms with Gasteiger partial charge in [0.1, 0.15) is 11.8 Å². The van der Waals surface area contributed by atoms with Crippen molar-refractivity contribution in [1.82, 2.24) is 10.4 Å². The van der Waals surface area contributed by atoms with Gasteiger partial charge in [-0.05, 0) is 52.2 Å². The number of carbonyl (C=O) groups is 1. The Morgan fingerprint density at radius 3 is 2.67 bits per heavy atom. The number of rotatable bonds is 7. The molecule has 0 atom stereocenters. The standard InChI is InChI=1S/C25H19Cl2N3O3/c1-32-22-13-17(14-29-30-25(31)20-7-4-10-28-24(20)27)12-21(26)23(22)33-15-16-8-9-18-5-2-3-6-19(18)11-16/h2-14H,15H2,1H3,(H,30,31). The van der Waals surface area contributed by atoms with Crippen LogP contribution in [-0.4, -0.2) is 24.2 Å². The summed E-state index contributed by atoms with van der Waals surface area (Å²) in [6.07, 6.45) is 2.95. The first kappa shape index (κ1) is 22.6. The van der Waals surface area contributed by atoms with Crippen LogP contribution in [0.5, 0.6) is 11.5 Å². The Morgan fingerprint density at radius 2 is 1.88 bits per heavy atom. The average Bonchev–Trinajstić information content (AvgIpc) is 2.83. The number of benzene rings is 3. The lowest BCUT2D eigenvalue weighted by molar-refractivity contribution is 0.0955. The van der Waals surface area contributed by atoms with Crippen molar-refractivity contribution in [3.05, 3.63) is 99.8 Å². The Morgan fingerprint density at radius 1 is 1.06 bits per heavy atom. The topological polar surface area (TPSA) is 72.8 Å². The Hall–Kier alpha value is -3.61. The van der Waals surface area contributed by atoms with Gasteiger partial charge < -0.3 is 9.47 Å². The average molecular weight is 480 g/mol. The summed E-state index contributed by atoms with van der Waals surface area (Å²) in [6.45, 7) is 0.330. The van der Waals surface area contributed by atoms with E-state index in [9.17, 15) is 4.79 Å². The molecule has 0 saturated heterocycles. The number of carbonyl (C=O) groups excluding carboxylic acids is 1. The molecule has 1 amide bonds. The third kappa shape index (κ3) is 5.42. The predicted molar refractivity (Wildman–Crippen MR) is 131 cm³/mol. The molecule has 33 heavy (non-hydrogen) atoms. The quantitative estimate of drug-likeness (QED) is 0.203. The minimum absolute atomic E-state index is 0.0998. The molecular weight excluding hydrogens is 461 g/mol. The summed E-state index contributed by atoms with van der Waals surface area (Å²) in [5, 5.41) is 6.72. The molecular formula is C25H19Cl2N3O3. The van der Waals surface area contributed by atoms with E-state index in [1.54, 1.807) is 24.3 Å². The SMILES string of the molecule is COc1cc(C=NNC(=O)c2cccnc2Cl)cc(Cl)c1OCc1ccc2ccccc2c1. The van der Waals surface area contributed by atoms with Crippen molar-refractivity contribution >= 4 is 46.1 Å². The molecule has 1 N–H and O–H groups in total. The maximum atomic E-state index is 12.2. The maximum Gasteiger partial charge on any atom is 0.274 e. The number of pyridine rings is 1. The van der Waals surface area contributed by atoms with Crippen LogP contribution < -0.4 is 14.9 Å². The van der Waals surface area contributed by atoms with Crippen molar-refractivity contribution in [3.8, 4) is 11.5 Å². The number of amides is 1. The summed E-state index contributed by atoms with van der Waals surface area (Å²) in [7, 11) is 1.53. The molecule has 1 aromatic heterocycles. The van der Waals surface area contributed by atoms with Crippen LogP contribution in [0.15, 0.2) is 78.0 Å². The summed E-state index contributed by atoms with van der Waals surface area (Å²) >= 11 is 12.4. The number of methoxy groups -OCH3 is 1. The first-order valence-corrected chi connectivity index (χ1v) is 10.7. The van der Waals surface area contributed by atoms with Crippen LogP contribution in [0.3, 0.4) is 0 Å². The Kier molecular flexibility index (Phi) is 7.07. The number of ether oxygens (including phenoxy) is 2. The van der Waals surface area contributed by atoms with Crippen LogP contribution in [0.4, 0.5) is 0 Å². The lowest BCUT2D eigenvalue weighted by Crippen LogP contribution is -2.18. The minimum Gasteiger partial charge on any atom is -0.493 e. The molecule has 0 fully saturated rings. The predicted octanol–water partition coefficient (Wildman–Crippen LogP) is 5.89. The zero-order chi connectivity index (χ0) is 23.2. The van der Waals surface area contributed by atoms with E-state index in [0.717, 1.165) is 10.9 Å². The van der Waals surface area contributed by atoms with Gasteiger partial charge in [0.05, 0.1) is 23.9 Å². The molecule has 166 valence electrons. The maximum absolute atomic E-state index is 12.2. The molecule has 8 heteroatoms. The normalized spacial score (nSPS) is 11.0. The number of nitrogens with zero attached hydrogens (tertiary/aromatic N) is 2. The van der Waals surface area contributed by atoms with E-state index >= 15 is 0 Å². The van der Waals surface area contributed by atoms with Crippen molar-refractivity contribution < 1.29 is 14.3 Å². The number of hydrogen-bond donors (Lipinski definition) is 1. The van der Waals surface area contributed by atoms with Crippen molar-refractivity contribution in [2.45, 2.75) is 6.61 Å². The lowest BCUT2D eigenvalue weighted by atomic mass is 10.1. The number of aromatic nitrogens is 1. The van der Waals surface area contributed by atoms with Crippen molar-refractivity contribution in [1.29, 1.82) is 0 Å². The van der Waals surface area contributed by atoms with E-state index in [4.69, 9.17) is 32.7 Å². The summed E-state index contributed by atoms with van der Waals surface area (Å²) in [5.74, 6) is 0.403. The van der Waals surface area contributed by atoms with Gasteiger partial charge in [0, 0.05) is 6.20 Å². The van der Waals surface area contributed by atoms with Crippen molar-refractivity contribution in [2.75, 3.05) is 7.11 Å². The first-order valence-electron chi connectivity index (χ1n) is 9.97. The molecule has 0 saturated carbocycles. The van der Waals surface area contributed by atoms with E-state index in [2.05, 4.69) is 39.8 Å². The lowest BCUT2D eigenvalue weighted by Gasteiger charge is -2.13. The molecule has 6 nitrogen and oxygen atoms in total. The van der Waals surface area contributed by atoms with Crippen LogP contribution in [0, 0.1) is 0 Å². The van der Waals surface area contributed by atoms with E-state index in [1.807, 2.05) is 18.2 Å². The number of hydrazone groups is 1. The highest BCUT2D eigenvalue weighted by atomic mass is 35.5. The van der Waals surface area contributed by atoms with E-state index < -0.39 is 5.91 Å². The van der Waals surface area contributed by atoms with Crippen LogP contribution in [-0.2, 0) is 6.61 Å². The smallest absolute Gasteiger partial charge is 0.274 e. The third-order valence-corrected chi connectivity index (χ3v) is 5.41. The van der Waals surface area contributed by atoms with Crippen LogP contribution in [0.25, 0.3) is 10.8 Å². The molecule has 0 spiro atoms. The summed E-state index contributed by atoms with van der Waals surface area (Å²) < 4.78 is 11.4. The number of nitrogens with one attached hydrogen (secondary N) is 1. The fourth-order valence-corrected chi connectivity index (χ4v) is 3.70. The van der Waals surface area contributed by atoms with Gasteiger partial charge in [-0.25, -0.2) is 10.4 Å². The molecule has 1 heterocycles. The summed E-state index contributed by atoms with van der Waals surface area (Å²) in [6, 6.07) is 20.8. The summed E-state index contributed by atoms with van der Waals surface area (Å²) in [4.78, 5) is 16.1. The van der Waals surface area contributed by atoms with Gasteiger partial charge in [0.15, 0.2) is 11.5 Å². The van der Waals surface area contributed by atoms with Crippen LogP contribution in [0.2, 0.25) is 10.2 Å². The minimum atomic E-state index is -0.474. The molecule has 0 bridgehead atoms. The number of fused-ring (bicyclic) bond motifs is 1. The third-order valence-electron chi connectivity index (χ3n) is 4.83. The zero-order valence-electron chi connectivity index (χ0n) is 17.6. The highest BCUT2D eigenvalue weighted by Gasteiger charge is 2.13. The fraction of sp³-hybridized carbons (Fsp3) is 0.0800. The van der Waals surface area contributed by atoms with Gasteiger partial charge in [-0.3, -0.25) is 4.79 Å². The van der Waals surface area contributed by atoms with Crippen LogP contribution >= 0.6 is 23.2 Å². The molecule has 0 aliphatic carbocycles.